The van der Waals surface area contributed by atoms with Gasteiger partial charge in [-0.3, -0.25) is 4.70 Å². The van der Waals surface area contributed by atoms with Gasteiger partial charge in [-0.25, -0.2) is 0 Å². The zero-order chi connectivity index (χ0) is 5.86. The molecule has 4 heteroatoms. The monoisotopic (exact) mass is 250 g/mol. The summed E-state index contributed by atoms with van der Waals surface area (Å²) in [6.45, 7) is 0. The summed E-state index contributed by atoms with van der Waals surface area (Å²) in [6.07, 6.45) is 0. The van der Waals surface area contributed by atoms with E-state index in [1.807, 2.05) is 0 Å². The van der Waals surface area contributed by atoms with Gasteiger partial charge in [0.25, 0.3) is 0 Å². The minimum Gasteiger partial charge on any atom is -0.269 e. The zero-order valence-corrected chi connectivity index (χ0v) is 9.01. The Hall–Kier alpha value is 1.20. The van der Waals surface area contributed by atoms with E-state index >= 15 is 0 Å². The predicted molar refractivity (Wildman–Crippen MR) is 29.9 cm³/mol. The standard InChI is InChI=1S/2C2H6N.FH.Nd/c2*1-3-2;;/h2*1-2H3;1H;/q2*-1;;+2. The molecule has 0 N–H and O–H groups in total. The molecule has 0 heterocycles. The van der Waals surface area contributed by atoms with Gasteiger partial charge in [0.1, 0.15) is 0 Å². The minimum absolute atomic E-state index is 0. The van der Waals surface area contributed by atoms with Gasteiger partial charge in [0.2, 0.25) is 0 Å². The molecule has 0 saturated carbocycles. The molecule has 0 aliphatic carbocycles. The topological polar surface area (TPSA) is 6.48 Å². The molecule has 0 aliphatic heterocycles. The smallest absolute Gasteiger partial charge is 0.269 e. The summed E-state index contributed by atoms with van der Waals surface area (Å²) in [4.78, 5) is 0. The molecule has 0 atom stereocenters. The molecule has 0 radical (unpaired) electrons. The van der Waals surface area contributed by atoms with Crippen molar-refractivity contribution in [3.8, 4) is 0 Å². The van der Waals surface area contributed by atoms with Crippen LogP contribution in [0.15, 0.2) is 0 Å². The Kier molecular flexibility index (Phi) is 9.43. The predicted octanol–water partition coefficient (Wildman–Crippen LogP) is 0.177. The first-order valence-corrected chi connectivity index (χ1v) is 5.11. The van der Waals surface area contributed by atoms with Crippen molar-refractivity contribution in [2.75, 3.05) is 28.2 Å². The summed E-state index contributed by atoms with van der Waals surface area (Å²) in [7, 11) is 8.57. The van der Waals surface area contributed by atoms with Gasteiger partial charge in [0, 0.05) is 0 Å². The van der Waals surface area contributed by atoms with E-state index in [4.69, 9.17) is 0 Å². The molecule has 0 fully saturated rings. The van der Waals surface area contributed by atoms with Gasteiger partial charge >= 0.3 is 67.6 Å². The third-order valence-electron chi connectivity index (χ3n) is 0.400. The average Bonchev–Trinajstić information content (AvgIpc) is 1.27. The molecule has 50 valence electrons. The van der Waals surface area contributed by atoms with Gasteiger partial charge in [-0.15, -0.1) is 0 Å². The average molecular weight is 252 g/mol. The molecule has 0 unspecified atom stereocenters. The van der Waals surface area contributed by atoms with Crippen LogP contribution >= 0.6 is 0 Å². The normalized spacial score (nSPS) is 9.25. The van der Waals surface area contributed by atoms with Crippen LogP contribution in [0.4, 0.5) is 4.70 Å². The molecule has 0 amide bonds. The van der Waals surface area contributed by atoms with E-state index in [1.54, 1.807) is 0 Å². The fraction of sp³-hybridized carbons (Fsp3) is 1.00. The zero-order valence-electron chi connectivity index (χ0n) is 5.80. The van der Waals surface area contributed by atoms with Crippen LogP contribution in [0.3, 0.4) is 0 Å². The molecule has 8 heavy (non-hydrogen) atoms. The Balaban J connectivity index is 0. The van der Waals surface area contributed by atoms with Crippen LogP contribution in [0.1, 0.15) is 0 Å². The molecule has 0 saturated heterocycles. The van der Waals surface area contributed by atoms with Crippen molar-refractivity contribution in [1.29, 1.82) is 0 Å². The molecular weight excluding hydrogens is 239 g/mol. The molecule has 0 aromatic heterocycles. The summed E-state index contributed by atoms with van der Waals surface area (Å²) in [5, 5.41) is 0. The van der Waals surface area contributed by atoms with Crippen molar-refractivity contribution in [1.82, 2.24) is 1.97 Å². The molecule has 0 bridgehead atoms. The Morgan fingerprint density at radius 2 is 1.12 bits per heavy atom. The van der Waals surface area contributed by atoms with Crippen LogP contribution < -0.4 is 0 Å². The molecule has 0 aromatic carbocycles. The summed E-state index contributed by atoms with van der Waals surface area (Å²) in [6, 6.07) is 0. The van der Waals surface area contributed by atoms with E-state index in [0.717, 1.165) is 0 Å². The van der Waals surface area contributed by atoms with Crippen molar-refractivity contribution < 1.29 is 42.2 Å². The summed E-state index contributed by atoms with van der Waals surface area (Å²) in [5.74, 6) is 0. The summed E-state index contributed by atoms with van der Waals surface area (Å²) < 4.78 is 4.64. The van der Waals surface area contributed by atoms with Crippen LogP contribution in [-0.4, -0.2) is 30.2 Å². The number of hydrogen-bond donors (Lipinski definition) is 0. The van der Waals surface area contributed by atoms with Crippen LogP contribution in [-0.2, 0) is 0 Å². The Morgan fingerprint density at radius 3 is 1.12 bits per heavy atom. The summed E-state index contributed by atoms with van der Waals surface area (Å²) in [5.41, 5.74) is 0. The van der Waals surface area contributed by atoms with Crippen molar-refractivity contribution in [2.24, 2.45) is 0 Å². The maximum Gasteiger partial charge on any atom is -0.269 e. The van der Waals surface area contributed by atoms with Crippen molar-refractivity contribution in [3.63, 3.8) is 0 Å². The molecule has 0 aromatic rings. The second-order valence-corrected chi connectivity index (χ2v) is 8.27. The molecule has 2 nitrogen and oxygen atoms in total. The second kappa shape index (κ2) is 6.32. The maximum atomic E-state index is 2.32. The van der Waals surface area contributed by atoms with Crippen LogP contribution in [0.5, 0.6) is 0 Å². The van der Waals surface area contributed by atoms with E-state index < -0.39 is 37.5 Å². The van der Waals surface area contributed by atoms with Gasteiger partial charge in [0.15, 0.2) is 0 Å². The first-order valence-electron chi connectivity index (χ1n) is 2.24. The van der Waals surface area contributed by atoms with Crippen LogP contribution in [0.2, 0.25) is 0 Å². The maximum absolute atomic E-state index is 2.32. The quantitative estimate of drug-likeness (QED) is 0.692. The van der Waals surface area contributed by atoms with Crippen LogP contribution in [0.25, 0.3) is 0 Å². The van der Waals surface area contributed by atoms with Gasteiger partial charge in [-0.2, -0.15) is 0 Å². The Morgan fingerprint density at radius 1 is 0.875 bits per heavy atom. The first-order chi connectivity index (χ1) is 3.13. The van der Waals surface area contributed by atoms with Gasteiger partial charge in [-0.1, -0.05) is 0 Å². The summed E-state index contributed by atoms with van der Waals surface area (Å²) >= 11 is -0.485. The largest absolute Gasteiger partial charge is 0.269 e. The van der Waals surface area contributed by atoms with E-state index in [1.165, 1.54) is 0 Å². The minimum atomic E-state index is -0.485. The third-order valence-corrected chi connectivity index (χ3v) is 2.97. The third kappa shape index (κ3) is 10.2. The number of halogens is 1. The number of rotatable bonds is 2. The number of hydrogen-bond acceptors (Lipinski definition) is 2. The van der Waals surface area contributed by atoms with E-state index in [2.05, 4.69) is 30.2 Å². The van der Waals surface area contributed by atoms with Crippen molar-refractivity contribution >= 4 is 0 Å². The van der Waals surface area contributed by atoms with E-state index in [0.29, 0.717) is 0 Å². The van der Waals surface area contributed by atoms with Crippen LogP contribution in [0, 0.1) is 37.5 Å². The molecular formula is C4H13FN2Nd. The van der Waals surface area contributed by atoms with Gasteiger partial charge in [0.05, 0.1) is 0 Å². The molecule has 0 rings (SSSR count). The fourth-order valence-electron chi connectivity index (χ4n) is 0.400. The number of nitrogens with zero attached hydrogens (tertiary/aromatic N) is 2. The van der Waals surface area contributed by atoms with Gasteiger partial charge < -0.3 is 0 Å². The van der Waals surface area contributed by atoms with E-state index in [-0.39, 0.29) is 4.70 Å². The van der Waals surface area contributed by atoms with Gasteiger partial charge in [-0.05, 0) is 0 Å². The SMILES string of the molecule is C[N](C)[Nd][N](C)C.F. The first kappa shape index (κ1) is 11.9. The Labute approximate surface area is 71.7 Å². The molecule has 0 spiro atoms. The van der Waals surface area contributed by atoms with Crippen molar-refractivity contribution in [3.05, 3.63) is 0 Å². The Bertz CT molecular complexity index is 43.3. The fourth-order valence-corrected chi connectivity index (χ4v) is 2.97. The second-order valence-electron chi connectivity index (χ2n) is 1.89. The van der Waals surface area contributed by atoms with Crippen molar-refractivity contribution in [2.45, 2.75) is 0 Å². The van der Waals surface area contributed by atoms with E-state index in [9.17, 15) is 0 Å². The molecule has 0 aliphatic rings.